The largest absolute Gasteiger partial charge is 0.377 e. The van der Waals surface area contributed by atoms with Crippen molar-refractivity contribution in [2.45, 2.75) is 25.9 Å². The average molecular weight is 251 g/mol. The van der Waals surface area contributed by atoms with E-state index in [1.807, 2.05) is 18.2 Å². The lowest BCUT2D eigenvalue weighted by molar-refractivity contribution is 0.0915. The van der Waals surface area contributed by atoms with Crippen molar-refractivity contribution in [2.24, 2.45) is 5.41 Å². The smallest absolute Gasteiger partial charge is 0.0716 e. The van der Waals surface area contributed by atoms with Gasteiger partial charge in [-0.25, -0.2) is 0 Å². The zero-order chi connectivity index (χ0) is 12.0. The van der Waals surface area contributed by atoms with E-state index < -0.39 is 0 Å². The molecule has 0 N–H and O–H groups in total. The van der Waals surface area contributed by atoms with Crippen molar-refractivity contribution >= 4 is 11.6 Å². The number of ether oxygens (including phenoxy) is 1. The molecule has 1 aromatic rings. The minimum Gasteiger partial charge on any atom is -0.377 e. The van der Waals surface area contributed by atoms with E-state index >= 15 is 0 Å². The Kier molecular flexibility index (Phi) is 4.64. The molecule has 0 saturated heterocycles. The van der Waals surface area contributed by atoms with Crippen LogP contribution in [-0.4, -0.2) is 12.5 Å². The molecule has 1 aliphatic rings. The first-order valence-corrected chi connectivity index (χ1v) is 6.71. The Bertz CT molecular complexity index is 350. The van der Waals surface area contributed by atoms with Gasteiger partial charge in [-0.3, -0.25) is 0 Å². The van der Waals surface area contributed by atoms with Gasteiger partial charge in [0.1, 0.15) is 0 Å². The van der Waals surface area contributed by atoms with Gasteiger partial charge in [0, 0.05) is 12.5 Å². The van der Waals surface area contributed by atoms with Crippen molar-refractivity contribution in [2.75, 3.05) is 12.5 Å². The quantitative estimate of drug-likeness (QED) is 0.418. The Balaban J connectivity index is 1.69. The fourth-order valence-electron chi connectivity index (χ4n) is 2.18. The highest BCUT2D eigenvalue weighted by Gasteiger charge is 2.29. The lowest BCUT2D eigenvalue weighted by Gasteiger charge is -2.25. The number of hydrogen-bond acceptors (Lipinski definition) is 1. The molecule has 0 saturated carbocycles. The summed E-state index contributed by atoms with van der Waals surface area (Å²) in [5.74, 6) is 0.731. The Morgan fingerprint density at radius 3 is 2.47 bits per heavy atom. The molecule has 1 aromatic carbocycles. The van der Waals surface area contributed by atoms with Crippen LogP contribution in [0.2, 0.25) is 0 Å². The standard InChI is InChI=1S/C15H19ClO/c16-13-15(8-4-5-9-15)10-11-17-12-14-6-2-1-3-7-14/h1-7H,8-13H2. The van der Waals surface area contributed by atoms with Crippen LogP contribution in [0.3, 0.4) is 0 Å². The van der Waals surface area contributed by atoms with E-state index in [0.29, 0.717) is 6.61 Å². The first-order valence-electron chi connectivity index (χ1n) is 6.17. The molecule has 1 aliphatic carbocycles. The van der Waals surface area contributed by atoms with Crippen LogP contribution in [0.1, 0.15) is 24.8 Å². The molecule has 0 spiro atoms. The zero-order valence-electron chi connectivity index (χ0n) is 10.1. The molecule has 0 amide bonds. The first-order chi connectivity index (χ1) is 8.35. The maximum atomic E-state index is 6.06. The molecule has 17 heavy (non-hydrogen) atoms. The number of allylic oxidation sites excluding steroid dienone is 2. The second-order valence-electron chi connectivity index (χ2n) is 4.80. The van der Waals surface area contributed by atoms with Crippen molar-refractivity contribution in [3.05, 3.63) is 48.0 Å². The van der Waals surface area contributed by atoms with Gasteiger partial charge >= 0.3 is 0 Å². The molecule has 1 nitrogen and oxygen atoms in total. The van der Waals surface area contributed by atoms with Gasteiger partial charge in [0.15, 0.2) is 0 Å². The van der Waals surface area contributed by atoms with Gasteiger partial charge in [-0.2, -0.15) is 0 Å². The van der Waals surface area contributed by atoms with Crippen molar-refractivity contribution in [1.29, 1.82) is 0 Å². The summed E-state index contributed by atoms with van der Waals surface area (Å²) in [4.78, 5) is 0. The topological polar surface area (TPSA) is 9.23 Å². The van der Waals surface area contributed by atoms with E-state index in [-0.39, 0.29) is 5.41 Å². The maximum Gasteiger partial charge on any atom is 0.0716 e. The van der Waals surface area contributed by atoms with Crippen molar-refractivity contribution in [3.8, 4) is 0 Å². The molecule has 0 radical (unpaired) electrons. The lowest BCUT2D eigenvalue weighted by atomic mass is 9.84. The number of benzene rings is 1. The van der Waals surface area contributed by atoms with Gasteiger partial charge < -0.3 is 4.74 Å². The third-order valence-corrected chi connectivity index (χ3v) is 4.01. The summed E-state index contributed by atoms with van der Waals surface area (Å²) in [6, 6.07) is 10.3. The highest BCUT2D eigenvalue weighted by Crippen LogP contribution is 2.37. The van der Waals surface area contributed by atoms with Crippen molar-refractivity contribution in [1.82, 2.24) is 0 Å². The van der Waals surface area contributed by atoms with Crippen LogP contribution >= 0.6 is 11.6 Å². The summed E-state index contributed by atoms with van der Waals surface area (Å²) in [5.41, 5.74) is 1.50. The van der Waals surface area contributed by atoms with Crippen LogP contribution < -0.4 is 0 Å². The molecular formula is C15H19ClO. The average Bonchev–Trinajstić information content (AvgIpc) is 2.85. The van der Waals surface area contributed by atoms with Gasteiger partial charge in [-0.05, 0) is 30.2 Å². The fourth-order valence-corrected chi connectivity index (χ4v) is 2.53. The van der Waals surface area contributed by atoms with Crippen LogP contribution in [0.5, 0.6) is 0 Å². The van der Waals surface area contributed by atoms with E-state index in [2.05, 4.69) is 24.3 Å². The second-order valence-corrected chi connectivity index (χ2v) is 5.07. The molecule has 0 atom stereocenters. The molecule has 0 heterocycles. The minimum atomic E-state index is 0.262. The lowest BCUT2D eigenvalue weighted by Crippen LogP contribution is -2.21. The Labute approximate surface area is 108 Å². The number of alkyl halides is 1. The van der Waals surface area contributed by atoms with Crippen molar-refractivity contribution in [3.63, 3.8) is 0 Å². The molecule has 0 fully saturated rings. The van der Waals surface area contributed by atoms with Crippen LogP contribution in [-0.2, 0) is 11.3 Å². The van der Waals surface area contributed by atoms with Gasteiger partial charge in [-0.15, -0.1) is 11.6 Å². The SMILES string of the molecule is ClCC1(CCOCc2ccccc2)CC=CC1. The molecule has 0 unspecified atom stereocenters. The van der Waals surface area contributed by atoms with E-state index in [1.165, 1.54) is 5.56 Å². The molecule has 92 valence electrons. The monoisotopic (exact) mass is 250 g/mol. The summed E-state index contributed by atoms with van der Waals surface area (Å²) in [6.45, 7) is 1.50. The van der Waals surface area contributed by atoms with Crippen LogP contribution in [0.4, 0.5) is 0 Å². The molecule has 0 bridgehead atoms. The molecule has 0 aromatic heterocycles. The number of rotatable bonds is 6. The van der Waals surface area contributed by atoms with Gasteiger partial charge in [-0.1, -0.05) is 42.5 Å². The summed E-state index contributed by atoms with van der Waals surface area (Å²) in [5, 5.41) is 0. The number of hydrogen-bond donors (Lipinski definition) is 0. The number of halogens is 1. The van der Waals surface area contributed by atoms with Gasteiger partial charge in [0.25, 0.3) is 0 Å². The Morgan fingerprint density at radius 1 is 1.12 bits per heavy atom. The summed E-state index contributed by atoms with van der Waals surface area (Å²) in [7, 11) is 0. The fraction of sp³-hybridized carbons (Fsp3) is 0.467. The molecule has 2 heteroatoms. The molecule has 2 rings (SSSR count). The predicted octanol–water partition coefficient (Wildman–Crippen LogP) is 4.17. The Hall–Kier alpha value is -0.790. The third kappa shape index (κ3) is 3.58. The van der Waals surface area contributed by atoms with E-state index in [0.717, 1.165) is 31.7 Å². The summed E-state index contributed by atoms with van der Waals surface area (Å²) >= 11 is 6.06. The van der Waals surface area contributed by atoms with Crippen LogP contribution in [0.25, 0.3) is 0 Å². The zero-order valence-corrected chi connectivity index (χ0v) is 10.8. The highest BCUT2D eigenvalue weighted by atomic mass is 35.5. The van der Waals surface area contributed by atoms with Gasteiger partial charge in [0.2, 0.25) is 0 Å². The van der Waals surface area contributed by atoms with E-state index in [9.17, 15) is 0 Å². The normalized spacial score (nSPS) is 17.5. The van der Waals surface area contributed by atoms with E-state index in [1.54, 1.807) is 0 Å². The van der Waals surface area contributed by atoms with Crippen molar-refractivity contribution < 1.29 is 4.74 Å². The van der Waals surface area contributed by atoms with Gasteiger partial charge in [0.05, 0.1) is 6.61 Å². The maximum absolute atomic E-state index is 6.06. The molecular weight excluding hydrogens is 232 g/mol. The summed E-state index contributed by atoms with van der Waals surface area (Å²) in [6.07, 6.45) is 7.73. The summed E-state index contributed by atoms with van der Waals surface area (Å²) < 4.78 is 5.72. The third-order valence-electron chi connectivity index (χ3n) is 3.44. The minimum absolute atomic E-state index is 0.262. The van der Waals surface area contributed by atoms with E-state index in [4.69, 9.17) is 16.3 Å². The van der Waals surface area contributed by atoms with Crippen LogP contribution in [0, 0.1) is 5.41 Å². The van der Waals surface area contributed by atoms with Crippen LogP contribution in [0.15, 0.2) is 42.5 Å². The Morgan fingerprint density at radius 2 is 1.82 bits per heavy atom. The predicted molar refractivity (Wildman–Crippen MR) is 72.2 cm³/mol. The molecule has 0 aliphatic heterocycles. The highest BCUT2D eigenvalue weighted by molar-refractivity contribution is 6.18. The second kappa shape index (κ2) is 6.23. The first kappa shape index (κ1) is 12.7.